The summed E-state index contributed by atoms with van der Waals surface area (Å²) in [6, 6.07) is 5.32. The van der Waals surface area contributed by atoms with E-state index in [2.05, 4.69) is 21.1 Å². The summed E-state index contributed by atoms with van der Waals surface area (Å²) in [6.07, 6.45) is 0. The minimum atomic E-state index is -0.193. The Morgan fingerprint density at radius 2 is 2.27 bits per heavy atom. The first kappa shape index (κ1) is 6.67. The SMILES string of the molecule is O=c1[nH]oc2c(Br)cccc12. The Bertz CT molecular complexity index is 443. The number of rotatable bonds is 0. The minimum Gasteiger partial charge on any atom is -0.377 e. The van der Waals surface area contributed by atoms with Crippen molar-refractivity contribution in [3.05, 3.63) is 33.0 Å². The lowest BCUT2D eigenvalue weighted by Crippen LogP contribution is -1.95. The van der Waals surface area contributed by atoms with E-state index in [9.17, 15) is 4.79 Å². The second-order valence-electron chi connectivity index (χ2n) is 2.15. The monoisotopic (exact) mass is 213 g/mol. The predicted molar refractivity (Wildman–Crippen MR) is 44.5 cm³/mol. The van der Waals surface area contributed by atoms with Crippen molar-refractivity contribution in [2.75, 3.05) is 0 Å². The molecule has 1 heterocycles. The van der Waals surface area contributed by atoms with Crippen LogP contribution in [0.1, 0.15) is 0 Å². The van der Waals surface area contributed by atoms with Gasteiger partial charge >= 0.3 is 0 Å². The summed E-state index contributed by atoms with van der Waals surface area (Å²) < 4.78 is 5.68. The van der Waals surface area contributed by atoms with Crippen molar-refractivity contribution in [1.82, 2.24) is 5.16 Å². The van der Waals surface area contributed by atoms with Gasteiger partial charge in [0.2, 0.25) is 0 Å². The average Bonchev–Trinajstić information content (AvgIpc) is 2.35. The molecule has 56 valence electrons. The van der Waals surface area contributed by atoms with E-state index in [1.807, 2.05) is 6.07 Å². The molecule has 1 aromatic heterocycles. The summed E-state index contributed by atoms with van der Waals surface area (Å²) in [5.41, 5.74) is 0.374. The van der Waals surface area contributed by atoms with Crippen molar-refractivity contribution >= 4 is 26.9 Å². The molecule has 0 spiro atoms. The van der Waals surface area contributed by atoms with Gasteiger partial charge in [-0.3, -0.25) is 4.79 Å². The lowest BCUT2D eigenvalue weighted by molar-refractivity contribution is 0.448. The third kappa shape index (κ3) is 0.903. The molecule has 0 saturated heterocycles. The van der Waals surface area contributed by atoms with Gasteiger partial charge in [-0.25, -0.2) is 0 Å². The molecular formula is C7H4BrNO2. The lowest BCUT2D eigenvalue weighted by Gasteiger charge is -1.86. The molecule has 0 radical (unpaired) electrons. The van der Waals surface area contributed by atoms with E-state index in [4.69, 9.17) is 4.52 Å². The highest BCUT2D eigenvalue weighted by molar-refractivity contribution is 9.10. The van der Waals surface area contributed by atoms with Crippen molar-refractivity contribution in [3.8, 4) is 0 Å². The van der Waals surface area contributed by atoms with Gasteiger partial charge in [0.05, 0.1) is 9.86 Å². The Kier molecular flexibility index (Phi) is 1.35. The van der Waals surface area contributed by atoms with Crippen LogP contribution in [0.5, 0.6) is 0 Å². The average molecular weight is 214 g/mol. The number of fused-ring (bicyclic) bond motifs is 1. The molecule has 2 aromatic rings. The van der Waals surface area contributed by atoms with Gasteiger partial charge in [-0.15, -0.1) is 0 Å². The third-order valence-corrected chi connectivity index (χ3v) is 2.08. The van der Waals surface area contributed by atoms with E-state index in [0.29, 0.717) is 11.0 Å². The molecule has 1 N–H and O–H groups in total. The van der Waals surface area contributed by atoms with Crippen molar-refractivity contribution in [2.24, 2.45) is 0 Å². The van der Waals surface area contributed by atoms with Crippen LogP contribution in [0.4, 0.5) is 0 Å². The number of para-hydroxylation sites is 1. The highest BCUT2D eigenvalue weighted by atomic mass is 79.9. The van der Waals surface area contributed by atoms with Crippen LogP contribution in [-0.2, 0) is 0 Å². The van der Waals surface area contributed by atoms with Crippen LogP contribution in [0.15, 0.2) is 32.0 Å². The maximum absolute atomic E-state index is 11.0. The molecule has 0 bridgehead atoms. The normalized spacial score (nSPS) is 10.6. The second kappa shape index (κ2) is 2.23. The highest BCUT2D eigenvalue weighted by Gasteiger charge is 2.04. The summed E-state index contributed by atoms with van der Waals surface area (Å²) >= 11 is 3.26. The molecular weight excluding hydrogens is 210 g/mol. The Morgan fingerprint density at radius 1 is 1.45 bits per heavy atom. The van der Waals surface area contributed by atoms with Crippen LogP contribution in [-0.4, -0.2) is 5.16 Å². The third-order valence-electron chi connectivity index (χ3n) is 1.46. The van der Waals surface area contributed by atoms with E-state index >= 15 is 0 Å². The van der Waals surface area contributed by atoms with E-state index in [0.717, 1.165) is 4.47 Å². The van der Waals surface area contributed by atoms with Crippen molar-refractivity contribution in [2.45, 2.75) is 0 Å². The number of hydrogen-bond acceptors (Lipinski definition) is 2. The molecule has 0 fully saturated rings. The number of H-pyrrole nitrogens is 1. The van der Waals surface area contributed by atoms with Gasteiger partial charge in [0.1, 0.15) is 0 Å². The fourth-order valence-corrected chi connectivity index (χ4v) is 1.39. The summed E-state index contributed by atoms with van der Waals surface area (Å²) in [6.45, 7) is 0. The van der Waals surface area contributed by atoms with Crippen LogP contribution >= 0.6 is 15.9 Å². The van der Waals surface area contributed by atoms with Gasteiger partial charge in [0.15, 0.2) is 5.58 Å². The standard InChI is InChI=1S/C7H4BrNO2/c8-5-3-1-2-4-6(5)11-9-7(4)10/h1-3H,(H,9,10). The molecule has 0 aliphatic carbocycles. The number of hydrogen-bond donors (Lipinski definition) is 1. The Balaban J connectivity index is 3.06. The van der Waals surface area contributed by atoms with E-state index in [-0.39, 0.29) is 5.56 Å². The van der Waals surface area contributed by atoms with Gasteiger partial charge in [-0.1, -0.05) is 6.07 Å². The second-order valence-corrected chi connectivity index (χ2v) is 3.00. The van der Waals surface area contributed by atoms with Gasteiger partial charge in [-0.05, 0) is 28.1 Å². The van der Waals surface area contributed by atoms with Crippen LogP contribution in [0.2, 0.25) is 0 Å². The zero-order valence-electron chi connectivity index (χ0n) is 5.43. The zero-order chi connectivity index (χ0) is 7.84. The van der Waals surface area contributed by atoms with E-state index in [1.54, 1.807) is 12.1 Å². The predicted octanol–water partition coefficient (Wildman–Crippen LogP) is 1.88. The van der Waals surface area contributed by atoms with Crippen LogP contribution in [0.3, 0.4) is 0 Å². The summed E-state index contributed by atoms with van der Waals surface area (Å²) in [5.74, 6) is 0. The minimum absolute atomic E-state index is 0.193. The number of benzene rings is 1. The number of nitrogens with one attached hydrogen (secondary N) is 1. The largest absolute Gasteiger partial charge is 0.377 e. The molecule has 0 unspecified atom stereocenters. The highest BCUT2D eigenvalue weighted by Crippen LogP contribution is 2.20. The van der Waals surface area contributed by atoms with Crippen LogP contribution < -0.4 is 5.56 Å². The number of aromatic amines is 1. The Hall–Kier alpha value is -1.03. The summed E-state index contributed by atoms with van der Waals surface area (Å²) in [7, 11) is 0. The van der Waals surface area contributed by atoms with Gasteiger partial charge in [-0.2, -0.15) is 5.16 Å². The van der Waals surface area contributed by atoms with Crippen molar-refractivity contribution in [3.63, 3.8) is 0 Å². The first-order valence-corrected chi connectivity index (χ1v) is 3.84. The topological polar surface area (TPSA) is 46.0 Å². The fraction of sp³-hybridized carbons (Fsp3) is 0. The maximum atomic E-state index is 11.0. The molecule has 0 saturated carbocycles. The van der Waals surface area contributed by atoms with E-state index in [1.165, 1.54) is 0 Å². The molecule has 11 heavy (non-hydrogen) atoms. The Morgan fingerprint density at radius 3 is 3.00 bits per heavy atom. The van der Waals surface area contributed by atoms with E-state index < -0.39 is 0 Å². The maximum Gasteiger partial charge on any atom is 0.287 e. The van der Waals surface area contributed by atoms with Crippen molar-refractivity contribution < 1.29 is 4.52 Å². The zero-order valence-corrected chi connectivity index (χ0v) is 7.01. The molecule has 4 heteroatoms. The first-order valence-electron chi connectivity index (χ1n) is 3.05. The quantitative estimate of drug-likeness (QED) is 0.727. The molecule has 0 aliphatic heterocycles. The molecule has 0 atom stereocenters. The number of halogens is 1. The van der Waals surface area contributed by atoms with Crippen LogP contribution in [0.25, 0.3) is 11.0 Å². The van der Waals surface area contributed by atoms with Crippen molar-refractivity contribution in [1.29, 1.82) is 0 Å². The summed E-state index contributed by atoms with van der Waals surface area (Å²) in [4.78, 5) is 11.0. The smallest absolute Gasteiger partial charge is 0.287 e. The lowest BCUT2D eigenvalue weighted by atomic mass is 10.3. The molecule has 1 aromatic carbocycles. The molecule has 2 rings (SSSR count). The Labute approximate surface area is 70.1 Å². The molecule has 0 aliphatic rings. The van der Waals surface area contributed by atoms with Gasteiger partial charge in [0, 0.05) is 0 Å². The fourth-order valence-electron chi connectivity index (χ4n) is 0.944. The number of aromatic nitrogens is 1. The first-order chi connectivity index (χ1) is 5.29. The van der Waals surface area contributed by atoms with Gasteiger partial charge < -0.3 is 4.52 Å². The van der Waals surface area contributed by atoms with Gasteiger partial charge in [0.25, 0.3) is 5.56 Å². The molecule has 0 amide bonds. The summed E-state index contributed by atoms with van der Waals surface area (Å²) in [5, 5.41) is 2.83. The molecule has 3 nitrogen and oxygen atoms in total. The van der Waals surface area contributed by atoms with Crippen LogP contribution in [0, 0.1) is 0 Å².